The summed E-state index contributed by atoms with van der Waals surface area (Å²) in [5, 5.41) is 5.27. The van der Waals surface area contributed by atoms with Gasteiger partial charge in [0.25, 0.3) is 0 Å². The van der Waals surface area contributed by atoms with Gasteiger partial charge in [-0.1, -0.05) is 218 Å². The monoisotopic (exact) mass is 1080 g/mol. The number of rotatable bonds is 11. The zero-order valence-corrected chi connectivity index (χ0v) is 46.5. The first-order valence-electron chi connectivity index (χ1n) is 27.8. The van der Waals surface area contributed by atoms with E-state index >= 15 is 0 Å². The third kappa shape index (κ3) is 10.0. The molecule has 0 aliphatic heterocycles. The lowest BCUT2D eigenvalue weighted by Gasteiger charge is -2.26. The van der Waals surface area contributed by atoms with Crippen molar-refractivity contribution in [1.29, 1.82) is 0 Å². The Bertz CT molecular complexity index is 4580. The largest absolute Gasteiger partial charge is 0.311 e. The minimum atomic E-state index is 1.12. The predicted molar refractivity (Wildman–Crippen MR) is 355 cm³/mol. The maximum Gasteiger partial charge on any atom is 0.0462 e. The molecular weight excluding hydrogens is 1030 g/mol. The number of hydrogen-bond acceptors (Lipinski definition) is 4. The summed E-state index contributed by atoms with van der Waals surface area (Å²) in [5.41, 5.74) is 19.2. The number of nitrogens with zero attached hydrogens (tertiary/aromatic N) is 2. The van der Waals surface area contributed by atoms with Crippen molar-refractivity contribution < 1.29 is 0 Å². The van der Waals surface area contributed by atoms with Crippen molar-refractivity contribution >= 4 is 97.1 Å². The molecule has 0 N–H and O–H groups in total. The molecule has 0 aliphatic carbocycles. The summed E-state index contributed by atoms with van der Waals surface area (Å²) in [4.78, 5) is 4.62. The second-order valence-electron chi connectivity index (χ2n) is 20.4. The fourth-order valence-corrected chi connectivity index (χ4v) is 13.8. The molecule has 82 heavy (non-hydrogen) atoms. The third-order valence-corrected chi connectivity index (χ3v) is 17.8. The second kappa shape index (κ2) is 22.6. The van der Waals surface area contributed by atoms with Gasteiger partial charge in [0.05, 0.1) is 0 Å². The molecule has 0 bridgehead atoms. The molecule has 0 unspecified atom stereocenters. The number of anilines is 6. The standard InChI is InChI=1S/C42H29NS.C36H25NS/c1-4-12-30(13-5-1)31-20-24-36(25-21-31)43(35-16-8-3-9-17-35)37-26-22-32(23-27-37)34-28-39(33-14-6-2-7-15-33)42-40(29-34)38-18-10-11-19-41(38)44-42;1-4-12-27(13-5-1)33-24-28(25-34-32-18-10-11-19-35(32)38-36(33)34)26-20-22-31(23-21-26)37(29-14-6-2-7-15-29)30-16-8-3-9-17-30/h1-29H;1-25H. The Kier molecular flexibility index (Phi) is 13.8. The number of benzene rings is 13. The van der Waals surface area contributed by atoms with Crippen LogP contribution in [0.4, 0.5) is 34.1 Å². The second-order valence-corrected chi connectivity index (χ2v) is 22.5. The van der Waals surface area contributed by atoms with Crippen LogP contribution < -0.4 is 9.80 Å². The Labute approximate surface area is 487 Å². The lowest BCUT2D eigenvalue weighted by molar-refractivity contribution is 1.28. The molecule has 2 nitrogen and oxygen atoms in total. The van der Waals surface area contributed by atoms with E-state index in [9.17, 15) is 0 Å². The highest BCUT2D eigenvalue weighted by Crippen LogP contribution is 2.46. The average molecular weight is 1080 g/mol. The molecule has 2 heterocycles. The lowest BCUT2D eigenvalue weighted by atomic mass is 9.96. The van der Waals surface area contributed by atoms with E-state index in [1.807, 2.05) is 22.7 Å². The van der Waals surface area contributed by atoms with Crippen LogP contribution in [0.25, 0.3) is 96.0 Å². The smallest absolute Gasteiger partial charge is 0.0462 e. The van der Waals surface area contributed by atoms with Gasteiger partial charge in [-0.25, -0.2) is 0 Å². The quantitative estimate of drug-likeness (QED) is 0.127. The molecule has 0 amide bonds. The van der Waals surface area contributed by atoms with E-state index in [-0.39, 0.29) is 0 Å². The molecule has 13 aromatic carbocycles. The first-order chi connectivity index (χ1) is 40.7. The Hall–Kier alpha value is -10.1. The van der Waals surface area contributed by atoms with Gasteiger partial charge in [0.1, 0.15) is 0 Å². The van der Waals surface area contributed by atoms with Crippen LogP contribution in [0.2, 0.25) is 0 Å². The van der Waals surface area contributed by atoms with Gasteiger partial charge in [0.15, 0.2) is 0 Å². The molecule has 4 heteroatoms. The molecule has 0 saturated heterocycles. The van der Waals surface area contributed by atoms with E-state index in [1.165, 1.54) is 96.0 Å². The molecule has 0 spiro atoms. The fourth-order valence-electron chi connectivity index (χ4n) is 11.3. The highest BCUT2D eigenvalue weighted by atomic mass is 32.1. The number of para-hydroxylation sites is 3. The molecule has 0 atom stereocenters. The maximum atomic E-state index is 2.37. The molecule has 0 radical (unpaired) electrons. The van der Waals surface area contributed by atoms with Crippen molar-refractivity contribution in [3.05, 3.63) is 328 Å². The van der Waals surface area contributed by atoms with Gasteiger partial charge in [-0.15, -0.1) is 22.7 Å². The zero-order chi connectivity index (χ0) is 54.6. The average Bonchev–Trinajstić information content (AvgIpc) is 4.29. The first kappa shape index (κ1) is 50.1. The van der Waals surface area contributed by atoms with E-state index in [2.05, 4.69) is 337 Å². The Morgan fingerprint density at radius 3 is 0.780 bits per heavy atom. The summed E-state index contributed by atoms with van der Waals surface area (Å²) >= 11 is 3.76. The van der Waals surface area contributed by atoms with Crippen LogP contribution in [-0.4, -0.2) is 0 Å². The van der Waals surface area contributed by atoms with Gasteiger partial charge in [-0.05, 0) is 154 Å². The number of thiophene rings is 2. The number of fused-ring (bicyclic) bond motifs is 6. The summed E-state index contributed by atoms with van der Waals surface area (Å²) in [6, 6.07) is 117. The molecular formula is C78H54N2S2. The van der Waals surface area contributed by atoms with Crippen LogP contribution in [0.15, 0.2) is 328 Å². The summed E-state index contributed by atoms with van der Waals surface area (Å²) in [7, 11) is 0. The Morgan fingerprint density at radius 1 is 0.183 bits per heavy atom. The van der Waals surface area contributed by atoms with Crippen molar-refractivity contribution in [3.8, 4) is 55.6 Å². The minimum Gasteiger partial charge on any atom is -0.311 e. The van der Waals surface area contributed by atoms with Crippen molar-refractivity contribution in [2.75, 3.05) is 9.80 Å². The molecule has 388 valence electrons. The van der Waals surface area contributed by atoms with Gasteiger partial charge in [-0.3, -0.25) is 0 Å². The van der Waals surface area contributed by atoms with Gasteiger partial charge in [0, 0.05) is 85.6 Å². The number of hydrogen-bond donors (Lipinski definition) is 0. The van der Waals surface area contributed by atoms with Gasteiger partial charge in [-0.2, -0.15) is 0 Å². The van der Waals surface area contributed by atoms with Crippen molar-refractivity contribution in [3.63, 3.8) is 0 Å². The van der Waals surface area contributed by atoms with Crippen molar-refractivity contribution in [1.82, 2.24) is 0 Å². The summed E-state index contributed by atoms with van der Waals surface area (Å²) in [5.74, 6) is 0. The van der Waals surface area contributed by atoms with Crippen LogP contribution in [0.1, 0.15) is 0 Å². The molecule has 2 aromatic heterocycles. The van der Waals surface area contributed by atoms with Crippen LogP contribution in [0.3, 0.4) is 0 Å². The van der Waals surface area contributed by atoms with E-state index in [1.54, 1.807) is 0 Å². The Balaban J connectivity index is 0.000000148. The maximum absolute atomic E-state index is 2.37. The van der Waals surface area contributed by atoms with Crippen LogP contribution in [0, 0.1) is 0 Å². The van der Waals surface area contributed by atoms with Crippen LogP contribution in [-0.2, 0) is 0 Å². The minimum absolute atomic E-state index is 1.12. The van der Waals surface area contributed by atoms with Gasteiger partial charge < -0.3 is 9.80 Å². The van der Waals surface area contributed by atoms with Crippen molar-refractivity contribution in [2.45, 2.75) is 0 Å². The summed E-state index contributed by atoms with van der Waals surface area (Å²) in [6.07, 6.45) is 0. The van der Waals surface area contributed by atoms with Crippen molar-refractivity contribution in [2.24, 2.45) is 0 Å². The Morgan fingerprint density at radius 2 is 0.439 bits per heavy atom. The summed E-state index contributed by atoms with van der Waals surface area (Å²) < 4.78 is 5.33. The van der Waals surface area contributed by atoms with E-state index in [4.69, 9.17) is 0 Å². The van der Waals surface area contributed by atoms with Gasteiger partial charge in [0.2, 0.25) is 0 Å². The van der Waals surface area contributed by atoms with Crippen LogP contribution in [0.5, 0.6) is 0 Å². The first-order valence-corrected chi connectivity index (χ1v) is 29.4. The molecule has 15 aromatic rings. The highest BCUT2D eigenvalue weighted by molar-refractivity contribution is 7.26. The predicted octanol–water partition coefficient (Wildman–Crippen LogP) is 23.4. The summed E-state index contributed by atoms with van der Waals surface area (Å²) in [6.45, 7) is 0. The van der Waals surface area contributed by atoms with Crippen LogP contribution >= 0.6 is 22.7 Å². The van der Waals surface area contributed by atoms with E-state index < -0.39 is 0 Å². The zero-order valence-electron chi connectivity index (χ0n) is 44.9. The molecule has 0 fully saturated rings. The highest BCUT2D eigenvalue weighted by Gasteiger charge is 2.18. The van der Waals surface area contributed by atoms with E-state index in [0.29, 0.717) is 0 Å². The molecule has 15 rings (SSSR count). The molecule has 0 saturated carbocycles. The SMILES string of the molecule is c1ccc(-c2cc(-c3ccc(N(c4ccccc4)c4ccccc4)cc3)cc3c2sc2ccccc23)cc1.c1ccc(-c2ccc(N(c3ccccc3)c3ccc(-c4cc(-c5ccccc5)c5sc6ccccc6c5c4)cc3)cc2)cc1. The van der Waals surface area contributed by atoms with Gasteiger partial charge >= 0.3 is 0 Å². The molecule has 0 aliphatic rings. The normalized spacial score (nSPS) is 11.2. The third-order valence-electron chi connectivity index (χ3n) is 15.3. The van der Waals surface area contributed by atoms with E-state index in [0.717, 1.165) is 34.1 Å². The fraction of sp³-hybridized carbons (Fsp3) is 0. The topological polar surface area (TPSA) is 6.48 Å². The lowest BCUT2D eigenvalue weighted by Crippen LogP contribution is -2.09.